The lowest BCUT2D eigenvalue weighted by Gasteiger charge is -2.36. The Balaban J connectivity index is 2.17. The first-order valence-electron chi connectivity index (χ1n) is 6.29. The molecule has 94 valence electrons. The van der Waals surface area contributed by atoms with Crippen LogP contribution in [-0.4, -0.2) is 6.54 Å². The highest BCUT2D eigenvalue weighted by Crippen LogP contribution is 2.38. The molecular formula is C14H19BrFN. The fourth-order valence-corrected chi connectivity index (χ4v) is 3.16. The number of halogens is 2. The summed E-state index contributed by atoms with van der Waals surface area (Å²) in [5, 5.41) is 0. The fourth-order valence-electron chi connectivity index (χ4n) is 2.82. The second-order valence-corrected chi connectivity index (χ2v) is 6.09. The van der Waals surface area contributed by atoms with Gasteiger partial charge in [-0.05, 0) is 48.9 Å². The summed E-state index contributed by atoms with van der Waals surface area (Å²) in [6.45, 7) is 0.669. The van der Waals surface area contributed by atoms with Crippen molar-refractivity contribution in [3.63, 3.8) is 0 Å². The number of nitrogens with two attached hydrogens (primary N) is 1. The topological polar surface area (TPSA) is 26.0 Å². The maximum Gasteiger partial charge on any atom is 0.127 e. The predicted octanol–water partition coefficient (Wildman–Crippen LogP) is 4.04. The van der Waals surface area contributed by atoms with Gasteiger partial charge in [-0.15, -0.1) is 0 Å². The second-order valence-electron chi connectivity index (χ2n) is 5.18. The van der Waals surface area contributed by atoms with E-state index in [0.717, 1.165) is 29.3 Å². The Kier molecular flexibility index (Phi) is 4.21. The Morgan fingerprint density at radius 1 is 1.24 bits per heavy atom. The van der Waals surface area contributed by atoms with Gasteiger partial charge in [0.05, 0.1) is 0 Å². The first kappa shape index (κ1) is 13.0. The van der Waals surface area contributed by atoms with Gasteiger partial charge in [0.25, 0.3) is 0 Å². The fraction of sp³-hybridized carbons (Fsp3) is 0.571. The van der Waals surface area contributed by atoms with Crippen LogP contribution in [0.15, 0.2) is 22.7 Å². The average Bonchev–Trinajstić information content (AvgIpc) is 2.34. The number of hydrogen-bond donors (Lipinski definition) is 1. The molecule has 0 spiro atoms. The minimum absolute atomic E-state index is 0.113. The standard InChI is InChI=1S/C14H19BrFN/c15-12-5-4-11(13(16)8-12)9-14(10-17)6-2-1-3-7-14/h4-5,8H,1-3,6-7,9-10,17H2. The molecule has 1 saturated carbocycles. The minimum Gasteiger partial charge on any atom is -0.330 e. The van der Waals surface area contributed by atoms with Crippen LogP contribution in [0.25, 0.3) is 0 Å². The number of benzene rings is 1. The highest BCUT2D eigenvalue weighted by atomic mass is 79.9. The SMILES string of the molecule is NCC1(Cc2ccc(Br)cc2F)CCCCC1. The van der Waals surface area contributed by atoms with Gasteiger partial charge in [0.1, 0.15) is 5.82 Å². The van der Waals surface area contributed by atoms with Gasteiger partial charge in [-0.3, -0.25) is 0 Å². The third-order valence-corrected chi connectivity index (χ3v) is 4.42. The van der Waals surface area contributed by atoms with Crippen molar-refractivity contribution in [3.8, 4) is 0 Å². The summed E-state index contributed by atoms with van der Waals surface area (Å²) in [7, 11) is 0. The lowest BCUT2D eigenvalue weighted by molar-refractivity contribution is 0.195. The molecule has 1 aromatic rings. The summed E-state index contributed by atoms with van der Waals surface area (Å²) >= 11 is 3.29. The molecule has 1 aliphatic carbocycles. The second kappa shape index (κ2) is 5.49. The molecule has 0 bridgehead atoms. The molecule has 1 aliphatic rings. The normalized spacial score (nSPS) is 19.2. The molecule has 0 saturated heterocycles. The molecule has 17 heavy (non-hydrogen) atoms. The van der Waals surface area contributed by atoms with Crippen molar-refractivity contribution in [2.24, 2.45) is 11.1 Å². The van der Waals surface area contributed by atoms with Crippen molar-refractivity contribution >= 4 is 15.9 Å². The highest BCUT2D eigenvalue weighted by molar-refractivity contribution is 9.10. The van der Waals surface area contributed by atoms with Crippen LogP contribution in [0.5, 0.6) is 0 Å². The van der Waals surface area contributed by atoms with E-state index < -0.39 is 0 Å². The first-order chi connectivity index (χ1) is 8.15. The van der Waals surface area contributed by atoms with Gasteiger partial charge in [-0.2, -0.15) is 0 Å². The molecule has 0 heterocycles. The van der Waals surface area contributed by atoms with E-state index in [1.807, 2.05) is 12.1 Å². The van der Waals surface area contributed by atoms with Gasteiger partial charge in [0, 0.05) is 4.47 Å². The Labute approximate surface area is 111 Å². The van der Waals surface area contributed by atoms with E-state index >= 15 is 0 Å². The van der Waals surface area contributed by atoms with Crippen LogP contribution >= 0.6 is 15.9 Å². The highest BCUT2D eigenvalue weighted by Gasteiger charge is 2.31. The monoisotopic (exact) mass is 299 g/mol. The quantitative estimate of drug-likeness (QED) is 0.895. The third kappa shape index (κ3) is 3.08. The van der Waals surface area contributed by atoms with Gasteiger partial charge >= 0.3 is 0 Å². The van der Waals surface area contributed by atoms with Gasteiger partial charge in [0.2, 0.25) is 0 Å². The molecule has 0 amide bonds. The summed E-state index contributed by atoms with van der Waals surface area (Å²) in [6, 6.07) is 5.33. The molecule has 0 unspecified atom stereocenters. The zero-order chi connectivity index (χ0) is 12.3. The molecule has 1 fully saturated rings. The van der Waals surface area contributed by atoms with E-state index in [0.29, 0.717) is 6.54 Å². The molecule has 1 nitrogen and oxygen atoms in total. The molecular weight excluding hydrogens is 281 g/mol. The average molecular weight is 300 g/mol. The molecule has 0 aromatic heterocycles. The van der Waals surface area contributed by atoms with Gasteiger partial charge < -0.3 is 5.73 Å². The van der Waals surface area contributed by atoms with E-state index in [1.54, 1.807) is 6.07 Å². The summed E-state index contributed by atoms with van der Waals surface area (Å²) in [5.74, 6) is -0.113. The Hall–Kier alpha value is -0.410. The van der Waals surface area contributed by atoms with E-state index in [-0.39, 0.29) is 11.2 Å². The smallest absolute Gasteiger partial charge is 0.127 e. The lowest BCUT2D eigenvalue weighted by atomic mass is 9.70. The number of hydrogen-bond acceptors (Lipinski definition) is 1. The summed E-state index contributed by atoms with van der Waals surface area (Å²) in [4.78, 5) is 0. The van der Waals surface area contributed by atoms with Gasteiger partial charge in [-0.25, -0.2) is 4.39 Å². The first-order valence-corrected chi connectivity index (χ1v) is 7.09. The Morgan fingerprint density at radius 3 is 2.53 bits per heavy atom. The maximum absolute atomic E-state index is 13.8. The minimum atomic E-state index is -0.113. The summed E-state index contributed by atoms with van der Waals surface area (Å²) in [6.07, 6.45) is 6.82. The van der Waals surface area contributed by atoms with Gasteiger partial charge in [0.15, 0.2) is 0 Å². The van der Waals surface area contributed by atoms with E-state index in [1.165, 1.54) is 19.3 Å². The summed E-state index contributed by atoms with van der Waals surface area (Å²) < 4.78 is 14.6. The molecule has 0 radical (unpaired) electrons. The summed E-state index contributed by atoms with van der Waals surface area (Å²) in [5.41, 5.74) is 6.87. The Morgan fingerprint density at radius 2 is 1.94 bits per heavy atom. The zero-order valence-electron chi connectivity index (χ0n) is 10.0. The van der Waals surface area contributed by atoms with Crippen LogP contribution < -0.4 is 5.73 Å². The maximum atomic E-state index is 13.8. The molecule has 1 aromatic carbocycles. The van der Waals surface area contributed by atoms with Crippen molar-refractivity contribution in [2.45, 2.75) is 38.5 Å². The third-order valence-electron chi connectivity index (χ3n) is 3.93. The molecule has 3 heteroatoms. The van der Waals surface area contributed by atoms with Crippen LogP contribution in [-0.2, 0) is 6.42 Å². The van der Waals surface area contributed by atoms with Crippen LogP contribution in [0, 0.1) is 11.2 Å². The molecule has 2 rings (SSSR count). The largest absolute Gasteiger partial charge is 0.330 e. The van der Waals surface area contributed by atoms with Gasteiger partial charge in [-0.1, -0.05) is 41.3 Å². The lowest BCUT2D eigenvalue weighted by Crippen LogP contribution is -2.35. The van der Waals surface area contributed by atoms with Crippen molar-refractivity contribution in [2.75, 3.05) is 6.54 Å². The molecule has 0 aliphatic heterocycles. The number of rotatable bonds is 3. The van der Waals surface area contributed by atoms with Crippen molar-refractivity contribution in [3.05, 3.63) is 34.1 Å². The van der Waals surface area contributed by atoms with E-state index in [4.69, 9.17) is 5.73 Å². The van der Waals surface area contributed by atoms with Crippen molar-refractivity contribution < 1.29 is 4.39 Å². The Bertz CT molecular complexity index is 386. The van der Waals surface area contributed by atoms with E-state index in [9.17, 15) is 4.39 Å². The van der Waals surface area contributed by atoms with Crippen LogP contribution in [0.4, 0.5) is 4.39 Å². The predicted molar refractivity (Wildman–Crippen MR) is 72.4 cm³/mol. The van der Waals surface area contributed by atoms with Crippen LogP contribution in [0.1, 0.15) is 37.7 Å². The zero-order valence-corrected chi connectivity index (χ0v) is 11.6. The van der Waals surface area contributed by atoms with Crippen molar-refractivity contribution in [1.29, 1.82) is 0 Å². The van der Waals surface area contributed by atoms with E-state index in [2.05, 4.69) is 15.9 Å². The van der Waals surface area contributed by atoms with Crippen LogP contribution in [0.3, 0.4) is 0 Å². The molecule has 2 N–H and O–H groups in total. The van der Waals surface area contributed by atoms with Crippen molar-refractivity contribution in [1.82, 2.24) is 0 Å². The van der Waals surface area contributed by atoms with Crippen LogP contribution in [0.2, 0.25) is 0 Å². The molecule has 0 atom stereocenters.